The minimum Gasteiger partial charge on any atom is -0.872 e. The van der Waals surface area contributed by atoms with E-state index in [-0.39, 0.29) is 31.0 Å². The standard InChI is InChI=1S/C13H11F3O4.Li/c1-2-20-12(19)11(18)7-10(17)8-4-3-5-9(6-8)13(14,15)16;/h3-7,17H,2H2,1H3;/q;+1/p-1/b10-7-;. The maximum absolute atomic E-state index is 12.5. The maximum Gasteiger partial charge on any atom is 1.00 e. The van der Waals surface area contributed by atoms with Crippen LogP contribution in [0.4, 0.5) is 13.2 Å². The van der Waals surface area contributed by atoms with Crippen molar-refractivity contribution >= 4 is 17.5 Å². The smallest absolute Gasteiger partial charge is 0.872 e. The van der Waals surface area contributed by atoms with E-state index in [1.54, 1.807) is 0 Å². The Hall–Kier alpha value is -1.71. The van der Waals surface area contributed by atoms with Crippen molar-refractivity contribution in [2.75, 3.05) is 6.61 Å². The number of carbonyl (C=O) groups is 2. The molecule has 0 aliphatic heterocycles. The number of esters is 1. The van der Waals surface area contributed by atoms with Crippen LogP contribution in [0.1, 0.15) is 18.1 Å². The van der Waals surface area contributed by atoms with Gasteiger partial charge in [-0.05, 0) is 30.7 Å². The van der Waals surface area contributed by atoms with Crippen molar-refractivity contribution in [3.05, 3.63) is 41.5 Å². The molecule has 0 bridgehead atoms. The number of hydrogen-bond acceptors (Lipinski definition) is 4. The average molecular weight is 294 g/mol. The molecule has 0 amide bonds. The molecule has 21 heavy (non-hydrogen) atoms. The molecule has 1 rings (SSSR count). The van der Waals surface area contributed by atoms with Crippen LogP contribution >= 0.6 is 0 Å². The summed E-state index contributed by atoms with van der Waals surface area (Å²) >= 11 is 0. The molecular weight excluding hydrogens is 284 g/mol. The third-order valence-corrected chi connectivity index (χ3v) is 2.21. The molecule has 0 fully saturated rings. The summed E-state index contributed by atoms with van der Waals surface area (Å²) in [5, 5.41) is 11.6. The van der Waals surface area contributed by atoms with Gasteiger partial charge in [-0.25, -0.2) is 4.79 Å². The van der Waals surface area contributed by atoms with Crippen LogP contribution in [0.15, 0.2) is 30.3 Å². The molecule has 108 valence electrons. The topological polar surface area (TPSA) is 66.4 Å². The van der Waals surface area contributed by atoms with Gasteiger partial charge in [0.2, 0.25) is 0 Å². The van der Waals surface area contributed by atoms with Crippen molar-refractivity contribution in [3.63, 3.8) is 0 Å². The first-order chi connectivity index (χ1) is 9.25. The Morgan fingerprint density at radius 1 is 1.33 bits per heavy atom. The van der Waals surface area contributed by atoms with Crippen LogP contribution in [-0.4, -0.2) is 18.4 Å². The largest absolute Gasteiger partial charge is 1.00 e. The SMILES string of the molecule is CCOC(=O)C(=O)/C=C(\[O-])c1cccc(C(F)(F)F)c1.[Li+]. The molecule has 0 radical (unpaired) electrons. The monoisotopic (exact) mass is 294 g/mol. The summed E-state index contributed by atoms with van der Waals surface area (Å²) in [5.41, 5.74) is -1.35. The van der Waals surface area contributed by atoms with E-state index < -0.39 is 29.3 Å². The van der Waals surface area contributed by atoms with Gasteiger partial charge in [0.05, 0.1) is 12.2 Å². The zero-order chi connectivity index (χ0) is 15.3. The summed E-state index contributed by atoms with van der Waals surface area (Å²) in [6.45, 7) is 1.43. The van der Waals surface area contributed by atoms with Crippen LogP contribution in [0.5, 0.6) is 0 Å². The van der Waals surface area contributed by atoms with Crippen molar-refractivity contribution < 1.29 is 51.5 Å². The van der Waals surface area contributed by atoms with E-state index >= 15 is 0 Å². The summed E-state index contributed by atoms with van der Waals surface area (Å²) in [6.07, 6.45) is -4.19. The second-order valence-electron chi connectivity index (χ2n) is 3.67. The Morgan fingerprint density at radius 2 is 1.95 bits per heavy atom. The maximum atomic E-state index is 12.5. The Morgan fingerprint density at radius 3 is 2.48 bits per heavy atom. The van der Waals surface area contributed by atoms with Gasteiger partial charge in [-0.1, -0.05) is 17.9 Å². The van der Waals surface area contributed by atoms with Crippen molar-refractivity contribution in [1.82, 2.24) is 0 Å². The molecule has 0 heterocycles. The molecule has 0 aromatic heterocycles. The predicted octanol–water partition coefficient (Wildman–Crippen LogP) is -1.46. The van der Waals surface area contributed by atoms with Gasteiger partial charge in [0.25, 0.3) is 5.78 Å². The molecule has 0 spiro atoms. The molecule has 1 aromatic carbocycles. The van der Waals surface area contributed by atoms with Gasteiger partial charge in [0, 0.05) is 0 Å². The first kappa shape index (κ1) is 19.3. The third kappa shape index (κ3) is 5.66. The van der Waals surface area contributed by atoms with Crippen molar-refractivity contribution in [3.8, 4) is 0 Å². The van der Waals surface area contributed by atoms with Crippen LogP contribution in [0, 0.1) is 0 Å². The van der Waals surface area contributed by atoms with Crippen molar-refractivity contribution in [2.45, 2.75) is 13.1 Å². The Labute approximate surface area is 130 Å². The van der Waals surface area contributed by atoms with Crippen LogP contribution in [-0.2, 0) is 20.5 Å². The quantitative estimate of drug-likeness (QED) is 0.224. The molecule has 0 aliphatic carbocycles. The van der Waals surface area contributed by atoms with Gasteiger partial charge in [-0.3, -0.25) is 4.79 Å². The molecule has 0 saturated carbocycles. The minimum atomic E-state index is -4.60. The number of rotatable bonds is 4. The summed E-state index contributed by atoms with van der Waals surface area (Å²) in [5.74, 6) is -3.43. The van der Waals surface area contributed by atoms with Crippen LogP contribution in [0.3, 0.4) is 0 Å². The van der Waals surface area contributed by atoms with Crippen molar-refractivity contribution in [2.24, 2.45) is 0 Å². The molecule has 8 heteroatoms. The van der Waals surface area contributed by atoms with Gasteiger partial charge in [-0.2, -0.15) is 13.2 Å². The molecule has 1 aromatic rings. The Bertz CT molecular complexity index is 553. The zero-order valence-corrected chi connectivity index (χ0v) is 11.4. The van der Waals surface area contributed by atoms with E-state index in [0.29, 0.717) is 12.1 Å². The number of benzene rings is 1. The van der Waals surface area contributed by atoms with Crippen LogP contribution in [0.25, 0.3) is 5.76 Å². The van der Waals surface area contributed by atoms with Gasteiger partial charge < -0.3 is 9.84 Å². The Kier molecular flexibility index (Phi) is 7.26. The van der Waals surface area contributed by atoms with Crippen LogP contribution < -0.4 is 24.0 Å². The van der Waals surface area contributed by atoms with E-state index in [1.165, 1.54) is 6.92 Å². The first-order valence-corrected chi connectivity index (χ1v) is 5.53. The molecule has 0 N–H and O–H groups in total. The number of hydrogen-bond donors (Lipinski definition) is 0. The predicted molar refractivity (Wildman–Crippen MR) is 61.1 cm³/mol. The fourth-order valence-corrected chi connectivity index (χ4v) is 1.31. The summed E-state index contributed by atoms with van der Waals surface area (Å²) in [7, 11) is 0. The summed E-state index contributed by atoms with van der Waals surface area (Å²) in [4.78, 5) is 22.2. The fraction of sp³-hybridized carbons (Fsp3) is 0.231. The molecule has 0 saturated heterocycles. The normalized spacial score (nSPS) is 11.5. The van der Waals surface area contributed by atoms with Gasteiger partial charge in [0.15, 0.2) is 0 Å². The number of alkyl halides is 3. The molecule has 4 nitrogen and oxygen atoms in total. The summed E-state index contributed by atoms with van der Waals surface area (Å²) < 4.78 is 41.7. The molecular formula is C13H10F3LiO4. The van der Waals surface area contributed by atoms with E-state index in [4.69, 9.17) is 0 Å². The first-order valence-electron chi connectivity index (χ1n) is 5.53. The average Bonchev–Trinajstić information content (AvgIpc) is 2.38. The van der Waals surface area contributed by atoms with Gasteiger partial charge >= 0.3 is 31.0 Å². The third-order valence-electron chi connectivity index (χ3n) is 2.21. The van der Waals surface area contributed by atoms with E-state index in [9.17, 15) is 27.9 Å². The number of halogens is 3. The summed E-state index contributed by atoms with van der Waals surface area (Å²) in [6, 6.07) is 3.56. The number of ketones is 1. The Balaban J connectivity index is 0.00000400. The molecule has 0 aliphatic rings. The second-order valence-corrected chi connectivity index (χ2v) is 3.67. The molecule has 0 atom stereocenters. The molecule has 0 unspecified atom stereocenters. The fourth-order valence-electron chi connectivity index (χ4n) is 1.31. The van der Waals surface area contributed by atoms with Crippen molar-refractivity contribution in [1.29, 1.82) is 0 Å². The number of carbonyl (C=O) groups excluding carboxylic acids is 2. The minimum absolute atomic E-state index is 0. The number of ether oxygens (including phenoxy) is 1. The van der Waals surface area contributed by atoms with Gasteiger partial charge in [-0.15, -0.1) is 0 Å². The van der Waals surface area contributed by atoms with E-state index in [1.807, 2.05) is 0 Å². The van der Waals surface area contributed by atoms with E-state index in [0.717, 1.165) is 18.2 Å². The van der Waals surface area contributed by atoms with Gasteiger partial charge in [0.1, 0.15) is 0 Å². The zero-order valence-electron chi connectivity index (χ0n) is 11.4. The van der Waals surface area contributed by atoms with E-state index in [2.05, 4.69) is 4.74 Å². The van der Waals surface area contributed by atoms with Crippen LogP contribution in [0.2, 0.25) is 0 Å². The second kappa shape index (κ2) is 7.91.